The Morgan fingerprint density at radius 3 is 2.55 bits per heavy atom. The van der Waals surface area contributed by atoms with E-state index in [-0.39, 0.29) is 29.9 Å². The maximum absolute atomic E-state index is 13.2. The first-order valence-electron chi connectivity index (χ1n) is 10.8. The summed E-state index contributed by atoms with van der Waals surface area (Å²) in [6.07, 6.45) is 3.87. The molecule has 0 saturated heterocycles. The van der Waals surface area contributed by atoms with Crippen LogP contribution in [0.3, 0.4) is 0 Å². The number of aromatic nitrogens is 2. The number of benzene rings is 1. The Morgan fingerprint density at radius 1 is 1.27 bits per heavy atom. The van der Waals surface area contributed by atoms with Crippen molar-refractivity contribution in [1.29, 1.82) is 0 Å². The van der Waals surface area contributed by atoms with Gasteiger partial charge in [0, 0.05) is 31.2 Å². The van der Waals surface area contributed by atoms with E-state index in [1.807, 2.05) is 12.1 Å². The van der Waals surface area contributed by atoms with E-state index in [0.717, 1.165) is 5.56 Å². The Kier molecular flexibility index (Phi) is 5.90. The normalized spacial score (nSPS) is 17.4. The van der Waals surface area contributed by atoms with Crippen molar-refractivity contribution in [2.24, 2.45) is 0 Å². The van der Waals surface area contributed by atoms with Crippen LogP contribution in [0, 0.1) is 0 Å². The molecular formula is C23H27ClN4O4S. The quantitative estimate of drug-likeness (QED) is 0.573. The number of nitrogens with zero attached hydrogens (tertiary/aromatic N) is 3. The zero-order valence-corrected chi connectivity index (χ0v) is 20.2. The molecule has 33 heavy (non-hydrogen) atoms. The zero-order valence-electron chi connectivity index (χ0n) is 18.7. The lowest BCUT2D eigenvalue weighted by Gasteiger charge is -2.34. The summed E-state index contributed by atoms with van der Waals surface area (Å²) in [6.45, 7) is 8.06. The van der Waals surface area contributed by atoms with Crippen LogP contribution in [0.1, 0.15) is 53.4 Å². The first-order valence-corrected chi connectivity index (χ1v) is 12.6. The Bertz CT molecular complexity index is 1210. The van der Waals surface area contributed by atoms with Gasteiger partial charge in [-0.2, -0.15) is 0 Å². The Balaban J connectivity index is 1.47. The van der Waals surface area contributed by atoms with E-state index in [0.29, 0.717) is 37.5 Å². The van der Waals surface area contributed by atoms with Crippen LogP contribution < -0.4 is 5.32 Å². The summed E-state index contributed by atoms with van der Waals surface area (Å²) < 4.78 is 26.0. The van der Waals surface area contributed by atoms with Gasteiger partial charge in [0.05, 0.1) is 15.7 Å². The minimum absolute atomic E-state index is 0.134. The van der Waals surface area contributed by atoms with E-state index in [1.54, 1.807) is 35.4 Å². The third-order valence-electron chi connectivity index (χ3n) is 6.57. The van der Waals surface area contributed by atoms with Crippen LogP contribution in [-0.2, 0) is 22.9 Å². The molecule has 1 N–H and O–H groups in total. The molecule has 176 valence electrons. The molecule has 2 amide bonds. The van der Waals surface area contributed by atoms with E-state index >= 15 is 0 Å². The van der Waals surface area contributed by atoms with Crippen molar-refractivity contribution in [2.45, 2.75) is 49.3 Å². The maximum atomic E-state index is 13.2. The van der Waals surface area contributed by atoms with Crippen molar-refractivity contribution in [3.05, 3.63) is 65.2 Å². The fraction of sp³-hybridized carbons (Fsp3) is 0.435. The first-order chi connectivity index (χ1) is 15.5. The number of sulfone groups is 1. The second-order valence-electron chi connectivity index (χ2n) is 9.15. The Morgan fingerprint density at radius 2 is 1.94 bits per heavy atom. The summed E-state index contributed by atoms with van der Waals surface area (Å²) in [5, 5.41) is 3.42. The number of hydrogen-bond donors (Lipinski definition) is 1. The third-order valence-corrected chi connectivity index (χ3v) is 10.0. The summed E-state index contributed by atoms with van der Waals surface area (Å²) in [6, 6.07) is 7.13. The van der Waals surface area contributed by atoms with Gasteiger partial charge in [0.25, 0.3) is 11.8 Å². The molecule has 1 saturated carbocycles. The van der Waals surface area contributed by atoms with Crippen LogP contribution in [0.2, 0.25) is 5.02 Å². The minimum Gasteiger partial charge on any atom is -0.345 e. The number of imidazole rings is 1. The SMILES string of the molecule is C=CC(C)(C)S(=O)(=O)C1(CN2CCn3c(cnc3C(=O)NCc3ccc(Cl)cc3)C2=O)CC1. The third kappa shape index (κ3) is 4.08. The van der Waals surface area contributed by atoms with Crippen molar-refractivity contribution >= 4 is 33.3 Å². The molecule has 4 rings (SSSR count). The van der Waals surface area contributed by atoms with Gasteiger partial charge in [-0.25, -0.2) is 13.4 Å². The van der Waals surface area contributed by atoms with Gasteiger partial charge in [0.1, 0.15) is 5.69 Å². The molecule has 0 atom stereocenters. The average molecular weight is 491 g/mol. The molecule has 2 aliphatic rings. The summed E-state index contributed by atoms with van der Waals surface area (Å²) in [7, 11) is -3.53. The summed E-state index contributed by atoms with van der Waals surface area (Å²) >= 11 is 5.88. The van der Waals surface area contributed by atoms with E-state index in [9.17, 15) is 18.0 Å². The number of amides is 2. The summed E-state index contributed by atoms with van der Waals surface area (Å²) in [5.74, 6) is -0.539. The van der Waals surface area contributed by atoms with Gasteiger partial charge in [-0.1, -0.05) is 29.8 Å². The van der Waals surface area contributed by atoms with Crippen molar-refractivity contribution in [2.75, 3.05) is 13.1 Å². The minimum atomic E-state index is -3.53. The van der Waals surface area contributed by atoms with Crippen LogP contribution in [0.4, 0.5) is 0 Å². The molecule has 0 unspecified atom stereocenters. The Hall–Kier alpha value is -2.65. The van der Waals surface area contributed by atoms with Crippen LogP contribution in [-0.4, -0.2) is 57.3 Å². The molecule has 8 nitrogen and oxygen atoms in total. The molecule has 0 spiro atoms. The molecule has 1 aromatic carbocycles. The van der Waals surface area contributed by atoms with Gasteiger partial charge in [0.2, 0.25) is 0 Å². The lowest BCUT2D eigenvalue weighted by Crippen LogP contribution is -2.50. The molecule has 1 aliphatic carbocycles. The van der Waals surface area contributed by atoms with Gasteiger partial charge in [-0.3, -0.25) is 9.59 Å². The average Bonchev–Trinajstić information content (AvgIpc) is 3.45. The number of halogens is 1. The number of hydrogen-bond acceptors (Lipinski definition) is 5. The number of carbonyl (C=O) groups excluding carboxylic acids is 2. The van der Waals surface area contributed by atoms with Crippen LogP contribution >= 0.6 is 11.6 Å². The summed E-state index contributed by atoms with van der Waals surface area (Å²) in [4.78, 5) is 31.5. The predicted octanol–water partition coefficient (Wildman–Crippen LogP) is 2.83. The second kappa shape index (κ2) is 8.29. The Labute approximate surface area is 198 Å². The van der Waals surface area contributed by atoms with Crippen molar-refractivity contribution in [1.82, 2.24) is 19.8 Å². The maximum Gasteiger partial charge on any atom is 0.287 e. The number of fused-ring (bicyclic) bond motifs is 1. The molecule has 10 heteroatoms. The van der Waals surface area contributed by atoms with Crippen LogP contribution in [0.15, 0.2) is 43.1 Å². The molecule has 0 radical (unpaired) electrons. The molecule has 1 fully saturated rings. The fourth-order valence-corrected chi connectivity index (χ4v) is 6.55. The molecule has 2 aromatic rings. The molecular weight excluding hydrogens is 464 g/mol. The first kappa shape index (κ1) is 23.5. The zero-order chi connectivity index (χ0) is 24.0. The topological polar surface area (TPSA) is 101 Å². The molecule has 1 aliphatic heterocycles. The molecule has 0 bridgehead atoms. The van der Waals surface area contributed by atoms with Gasteiger partial charge in [0.15, 0.2) is 15.7 Å². The fourth-order valence-electron chi connectivity index (χ4n) is 4.12. The van der Waals surface area contributed by atoms with Crippen LogP contribution in [0.25, 0.3) is 0 Å². The molecule has 2 heterocycles. The highest BCUT2D eigenvalue weighted by Crippen LogP contribution is 2.49. The largest absolute Gasteiger partial charge is 0.345 e. The standard InChI is InChI=1S/C23H27ClN4O4S/c1-4-22(2,3)33(31,32)23(9-10-23)15-27-11-12-28-18(21(27)30)14-25-19(28)20(29)26-13-16-5-7-17(24)8-6-16/h4-8,14H,1,9-13,15H2,2-3H3,(H,26,29). The van der Waals surface area contributed by atoms with Crippen molar-refractivity contribution < 1.29 is 18.0 Å². The van der Waals surface area contributed by atoms with E-state index in [2.05, 4.69) is 16.9 Å². The number of carbonyl (C=O) groups is 2. The number of rotatable bonds is 8. The lowest BCUT2D eigenvalue weighted by atomic mass is 10.2. The smallest absolute Gasteiger partial charge is 0.287 e. The molecule has 1 aromatic heterocycles. The van der Waals surface area contributed by atoms with Crippen molar-refractivity contribution in [3.63, 3.8) is 0 Å². The second-order valence-corrected chi connectivity index (χ2v) is 12.5. The highest BCUT2D eigenvalue weighted by Gasteiger charge is 2.60. The van der Waals surface area contributed by atoms with E-state index in [4.69, 9.17) is 11.6 Å². The lowest BCUT2D eigenvalue weighted by molar-refractivity contribution is 0.0698. The summed E-state index contributed by atoms with van der Waals surface area (Å²) in [5.41, 5.74) is 1.17. The van der Waals surface area contributed by atoms with Gasteiger partial charge in [-0.15, -0.1) is 6.58 Å². The van der Waals surface area contributed by atoms with Gasteiger partial charge >= 0.3 is 0 Å². The monoisotopic (exact) mass is 490 g/mol. The predicted molar refractivity (Wildman–Crippen MR) is 126 cm³/mol. The van der Waals surface area contributed by atoms with E-state index in [1.165, 1.54) is 12.3 Å². The van der Waals surface area contributed by atoms with Gasteiger partial charge in [-0.05, 0) is 44.4 Å². The van der Waals surface area contributed by atoms with E-state index < -0.39 is 19.3 Å². The van der Waals surface area contributed by atoms with Crippen LogP contribution in [0.5, 0.6) is 0 Å². The van der Waals surface area contributed by atoms with Gasteiger partial charge < -0.3 is 14.8 Å². The highest BCUT2D eigenvalue weighted by atomic mass is 35.5. The highest BCUT2D eigenvalue weighted by molar-refractivity contribution is 7.94. The van der Waals surface area contributed by atoms with Crippen molar-refractivity contribution in [3.8, 4) is 0 Å². The number of nitrogens with one attached hydrogen (secondary N) is 1.